The fourth-order valence-electron chi connectivity index (χ4n) is 3.39. The number of anilines is 1. The van der Waals surface area contributed by atoms with Gasteiger partial charge in [0.2, 0.25) is 15.9 Å². The Morgan fingerprint density at radius 1 is 1.10 bits per heavy atom. The number of hydrogen-bond donors (Lipinski definition) is 1. The maximum atomic E-state index is 13.1. The molecule has 0 saturated carbocycles. The van der Waals surface area contributed by atoms with E-state index in [9.17, 15) is 26.4 Å². The van der Waals surface area contributed by atoms with Crippen LogP contribution in [-0.4, -0.2) is 31.7 Å². The second kappa shape index (κ2) is 8.97. The monoisotopic (exact) mass is 494 g/mol. The lowest BCUT2D eigenvalue weighted by Gasteiger charge is -2.30. The molecule has 1 amide bonds. The summed E-state index contributed by atoms with van der Waals surface area (Å²) in [6, 6.07) is 7.57. The minimum atomic E-state index is -4.77. The predicted molar refractivity (Wildman–Crippen MR) is 113 cm³/mol. The summed E-state index contributed by atoms with van der Waals surface area (Å²) in [5.41, 5.74) is 0.206. The molecule has 11 heteroatoms. The van der Waals surface area contributed by atoms with Gasteiger partial charge in [-0.2, -0.15) is 17.5 Å². The molecule has 0 atom stereocenters. The molecule has 1 saturated heterocycles. The van der Waals surface area contributed by atoms with E-state index in [-0.39, 0.29) is 31.8 Å². The van der Waals surface area contributed by atoms with Gasteiger partial charge >= 0.3 is 6.18 Å². The van der Waals surface area contributed by atoms with E-state index in [4.69, 9.17) is 23.2 Å². The first-order valence-corrected chi connectivity index (χ1v) is 11.5. The molecule has 1 N–H and O–H groups in total. The van der Waals surface area contributed by atoms with Gasteiger partial charge in [-0.3, -0.25) is 4.79 Å². The number of nitrogens with one attached hydrogen (secondary N) is 1. The van der Waals surface area contributed by atoms with E-state index in [1.54, 1.807) is 25.1 Å². The zero-order valence-corrected chi connectivity index (χ0v) is 18.7. The number of carbonyl (C=O) groups is 1. The molecule has 1 heterocycles. The highest BCUT2D eigenvalue weighted by Crippen LogP contribution is 2.37. The molecule has 0 aliphatic carbocycles. The minimum absolute atomic E-state index is 0.0179. The Morgan fingerprint density at radius 3 is 2.32 bits per heavy atom. The maximum absolute atomic E-state index is 13.1. The number of carbonyl (C=O) groups excluding carboxylic acids is 1. The molecule has 2 aromatic rings. The SMILES string of the molecule is Cc1cc(Cl)ccc1NC(=O)C1CCN(S(=O)(=O)c2ccc(Cl)c(C(F)(F)F)c2)CC1. The van der Waals surface area contributed by atoms with Crippen LogP contribution in [0.15, 0.2) is 41.3 Å². The lowest BCUT2D eigenvalue weighted by atomic mass is 9.97. The van der Waals surface area contributed by atoms with Gasteiger partial charge < -0.3 is 5.32 Å². The van der Waals surface area contributed by atoms with Crippen molar-refractivity contribution in [3.8, 4) is 0 Å². The Labute approximate surface area is 188 Å². The van der Waals surface area contributed by atoms with Crippen molar-refractivity contribution in [1.29, 1.82) is 0 Å². The predicted octanol–water partition coefficient (Wildman–Crippen LogP) is 5.36. The molecule has 168 valence electrons. The van der Waals surface area contributed by atoms with Gasteiger partial charge in [0, 0.05) is 29.7 Å². The smallest absolute Gasteiger partial charge is 0.326 e. The number of alkyl halides is 3. The first-order valence-electron chi connectivity index (χ1n) is 9.33. The highest BCUT2D eigenvalue weighted by atomic mass is 35.5. The summed E-state index contributed by atoms with van der Waals surface area (Å²) in [7, 11) is -4.15. The van der Waals surface area contributed by atoms with Gasteiger partial charge in [0.05, 0.1) is 15.5 Å². The van der Waals surface area contributed by atoms with E-state index in [1.165, 1.54) is 0 Å². The molecule has 1 aliphatic heterocycles. The Kier molecular flexibility index (Phi) is 6.90. The summed E-state index contributed by atoms with van der Waals surface area (Å²) in [6.45, 7) is 1.84. The van der Waals surface area contributed by atoms with E-state index >= 15 is 0 Å². The Bertz CT molecular complexity index is 1100. The molecular weight excluding hydrogens is 476 g/mol. The van der Waals surface area contributed by atoms with Crippen molar-refractivity contribution in [2.45, 2.75) is 30.8 Å². The van der Waals surface area contributed by atoms with Crippen molar-refractivity contribution in [3.05, 3.63) is 57.6 Å². The summed E-state index contributed by atoms with van der Waals surface area (Å²) < 4.78 is 66.0. The molecule has 31 heavy (non-hydrogen) atoms. The van der Waals surface area contributed by atoms with Crippen LogP contribution in [0.1, 0.15) is 24.0 Å². The van der Waals surface area contributed by atoms with Gasteiger partial charge in [-0.25, -0.2) is 8.42 Å². The highest BCUT2D eigenvalue weighted by Gasteiger charge is 2.37. The van der Waals surface area contributed by atoms with Crippen molar-refractivity contribution in [2.24, 2.45) is 5.92 Å². The van der Waals surface area contributed by atoms with Crippen molar-refractivity contribution < 1.29 is 26.4 Å². The van der Waals surface area contributed by atoms with Gasteiger partial charge in [-0.1, -0.05) is 23.2 Å². The number of nitrogens with zero attached hydrogens (tertiary/aromatic N) is 1. The van der Waals surface area contributed by atoms with Crippen molar-refractivity contribution in [2.75, 3.05) is 18.4 Å². The molecule has 0 spiro atoms. The first kappa shape index (κ1) is 23.8. The van der Waals surface area contributed by atoms with Crippen molar-refractivity contribution in [3.63, 3.8) is 0 Å². The maximum Gasteiger partial charge on any atom is 0.417 e. The molecule has 1 aliphatic rings. The van der Waals surface area contributed by atoms with Gasteiger partial charge in [-0.15, -0.1) is 0 Å². The second-order valence-corrected chi connectivity index (χ2v) is 10.0. The number of aryl methyl sites for hydroxylation is 1. The van der Waals surface area contributed by atoms with E-state index in [0.29, 0.717) is 16.8 Å². The number of piperidine rings is 1. The molecule has 3 rings (SSSR count). The number of benzene rings is 2. The number of amides is 1. The molecule has 0 bridgehead atoms. The standard InChI is InChI=1S/C20H19Cl2F3N2O3S/c1-12-10-14(21)2-5-18(12)26-19(28)13-6-8-27(9-7-13)31(29,30)15-3-4-17(22)16(11-15)20(23,24)25/h2-5,10-11,13H,6-9H2,1H3,(H,26,28). The molecular formula is C20H19Cl2F3N2O3S. The number of sulfonamides is 1. The fraction of sp³-hybridized carbons (Fsp3) is 0.350. The Morgan fingerprint density at radius 2 is 1.74 bits per heavy atom. The Balaban J connectivity index is 1.69. The van der Waals surface area contributed by atoms with Crippen LogP contribution >= 0.6 is 23.2 Å². The van der Waals surface area contributed by atoms with Crippen molar-refractivity contribution in [1.82, 2.24) is 4.31 Å². The van der Waals surface area contributed by atoms with Gasteiger partial charge in [0.25, 0.3) is 0 Å². The van der Waals surface area contributed by atoms with Crippen LogP contribution in [0.25, 0.3) is 0 Å². The quantitative estimate of drug-likeness (QED) is 0.621. The molecule has 1 fully saturated rings. The third-order valence-electron chi connectivity index (χ3n) is 5.15. The average Bonchev–Trinajstić information content (AvgIpc) is 2.69. The Hall–Kier alpha value is -1.81. The molecule has 2 aromatic carbocycles. The molecule has 0 aromatic heterocycles. The van der Waals surface area contributed by atoms with E-state index in [0.717, 1.165) is 22.0 Å². The second-order valence-electron chi connectivity index (χ2n) is 7.27. The van der Waals surface area contributed by atoms with E-state index in [1.807, 2.05) is 0 Å². The number of rotatable bonds is 4. The van der Waals surface area contributed by atoms with Gasteiger partial charge in [0.1, 0.15) is 0 Å². The fourth-order valence-corrected chi connectivity index (χ4v) is 5.34. The first-order chi connectivity index (χ1) is 14.4. The van der Waals surface area contributed by atoms with Crippen LogP contribution in [0.4, 0.5) is 18.9 Å². The lowest BCUT2D eigenvalue weighted by Crippen LogP contribution is -2.41. The van der Waals surface area contributed by atoms with E-state index in [2.05, 4.69) is 5.32 Å². The van der Waals surface area contributed by atoms with Gasteiger partial charge in [-0.05, 0) is 61.7 Å². The molecule has 0 unspecified atom stereocenters. The van der Waals surface area contributed by atoms with E-state index < -0.39 is 37.6 Å². The number of hydrogen-bond acceptors (Lipinski definition) is 3. The molecule has 5 nitrogen and oxygen atoms in total. The summed E-state index contributed by atoms with van der Waals surface area (Å²) in [5, 5.41) is 2.79. The highest BCUT2D eigenvalue weighted by molar-refractivity contribution is 7.89. The van der Waals surface area contributed by atoms with Crippen LogP contribution in [-0.2, 0) is 21.0 Å². The largest absolute Gasteiger partial charge is 0.417 e. The zero-order valence-electron chi connectivity index (χ0n) is 16.3. The summed E-state index contributed by atoms with van der Waals surface area (Å²) in [6.07, 6.45) is -4.28. The zero-order chi connectivity index (χ0) is 23.0. The van der Waals surface area contributed by atoms with Crippen molar-refractivity contribution >= 4 is 44.8 Å². The third kappa shape index (κ3) is 5.34. The third-order valence-corrected chi connectivity index (χ3v) is 7.61. The van der Waals surface area contributed by atoms with Crippen LogP contribution in [0, 0.1) is 12.8 Å². The van der Waals surface area contributed by atoms with Crippen LogP contribution in [0.5, 0.6) is 0 Å². The van der Waals surface area contributed by atoms with Crippen LogP contribution < -0.4 is 5.32 Å². The lowest BCUT2D eigenvalue weighted by molar-refractivity contribution is -0.137. The number of halogens is 5. The summed E-state index contributed by atoms with van der Waals surface area (Å²) >= 11 is 11.5. The van der Waals surface area contributed by atoms with Gasteiger partial charge in [0.15, 0.2) is 0 Å². The minimum Gasteiger partial charge on any atom is -0.326 e. The average molecular weight is 495 g/mol. The van der Waals surface area contributed by atoms with Crippen LogP contribution in [0.3, 0.4) is 0 Å². The summed E-state index contributed by atoms with van der Waals surface area (Å²) in [4.78, 5) is 12.1. The topological polar surface area (TPSA) is 66.5 Å². The van der Waals surface area contributed by atoms with Crippen LogP contribution in [0.2, 0.25) is 10.0 Å². The molecule has 0 radical (unpaired) electrons. The summed E-state index contributed by atoms with van der Waals surface area (Å²) in [5.74, 6) is -0.661. The normalized spacial score (nSPS) is 16.3.